The fraction of sp³-hybridized carbons (Fsp3) is 0.647. The Labute approximate surface area is 127 Å². The molecule has 2 fully saturated rings. The van der Waals surface area contributed by atoms with E-state index >= 15 is 0 Å². The Morgan fingerprint density at radius 3 is 2.48 bits per heavy atom. The normalized spacial score (nSPS) is 22.3. The highest BCUT2D eigenvalue weighted by molar-refractivity contribution is 5.13. The van der Waals surface area contributed by atoms with Crippen molar-refractivity contribution in [3.63, 3.8) is 0 Å². The molecule has 3 rings (SSSR count). The van der Waals surface area contributed by atoms with Gasteiger partial charge in [-0.25, -0.2) is 0 Å². The van der Waals surface area contributed by atoms with Crippen LogP contribution in [0.3, 0.4) is 0 Å². The molecule has 1 unspecified atom stereocenters. The van der Waals surface area contributed by atoms with Gasteiger partial charge in [0.05, 0.1) is 19.3 Å². The molecule has 4 nitrogen and oxygen atoms in total. The van der Waals surface area contributed by atoms with Gasteiger partial charge in [0, 0.05) is 38.8 Å². The molecule has 0 bridgehead atoms. The van der Waals surface area contributed by atoms with Gasteiger partial charge >= 0.3 is 0 Å². The number of nitrogens with zero attached hydrogens (tertiary/aromatic N) is 2. The van der Waals surface area contributed by atoms with Gasteiger partial charge in [-0.05, 0) is 18.4 Å². The zero-order chi connectivity index (χ0) is 14.5. The number of aliphatic hydroxyl groups excluding tert-OH is 1. The van der Waals surface area contributed by atoms with Crippen LogP contribution in [-0.4, -0.2) is 66.4 Å². The first-order chi connectivity index (χ1) is 10.3. The van der Waals surface area contributed by atoms with Gasteiger partial charge in [-0.3, -0.25) is 9.80 Å². The van der Waals surface area contributed by atoms with Crippen LogP contribution in [-0.2, 0) is 11.3 Å². The van der Waals surface area contributed by atoms with Gasteiger partial charge in [0.1, 0.15) is 0 Å². The van der Waals surface area contributed by atoms with Crippen molar-refractivity contribution in [1.29, 1.82) is 0 Å². The van der Waals surface area contributed by atoms with Gasteiger partial charge in [0.2, 0.25) is 0 Å². The molecule has 21 heavy (non-hydrogen) atoms. The lowest BCUT2D eigenvalue weighted by Crippen LogP contribution is -2.49. The molecular weight excluding hydrogens is 264 g/mol. The monoisotopic (exact) mass is 290 g/mol. The summed E-state index contributed by atoms with van der Waals surface area (Å²) in [7, 11) is 0. The molecule has 0 radical (unpaired) electrons. The third-order valence-electron chi connectivity index (χ3n) is 4.36. The zero-order valence-corrected chi connectivity index (χ0v) is 12.7. The second-order valence-corrected chi connectivity index (χ2v) is 6.22. The minimum Gasteiger partial charge on any atom is -0.389 e. The van der Waals surface area contributed by atoms with E-state index in [2.05, 4.69) is 9.80 Å². The standard InChI is InChI=1S/C17H26N2O2/c20-17(14-21-13-15-4-2-1-3-5-15)12-18-8-10-19(11-9-18)16-6-7-16/h1-5,16-17,20H,6-14H2. The molecule has 2 aliphatic rings. The Hall–Kier alpha value is -0.940. The Balaban J connectivity index is 1.30. The summed E-state index contributed by atoms with van der Waals surface area (Å²) in [5.41, 5.74) is 1.16. The molecule has 4 heteroatoms. The van der Waals surface area contributed by atoms with Crippen LogP contribution >= 0.6 is 0 Å². The first-order valence-corrected chi connectivity index (χ1v) is 8.07. The molecule has 1 saturated heterocycles. The lowest BCUT2D eigenvalue weighted by molar-refractivity contribution is 0.000872. The number of aliphatic hydroxyl groups is 1. The summed E-state index contributed by atoms with van der Waals surface area (Å²) in [6.07, 6.45) is 2.38. The van der Waals surface area contributed by atoms with Gasteiger partial charge in [-0.1, -0.05) is 30.3 Å². The molecule has 1 aliphatic heterocycles. The van der Waals surface area contributed by atoms with E-state index in [1.807, 2.05) is 30.3 Å². The number of piperazine rings is 1. The smallest absolute Gasteiger partial charge is 0.0900 e. The van der Waals surface area contributed by atoms with Gasteiger partial charge < -0.3 is 9.84 Å². The zero-order valence-electron chi connectivity index (χ0n) is 12.7. The number of benzene rings is 1. The van der Waals surface area contributed by atoms with Crippen LogP contribution in [0.1, 0.15) is 18.4 Å². The molecule has 116 valence electrons. The highest BCUT2D eigenvalue weighted by atomic mass is 16.5. The molecule has 1 aromatic rings. The van der Waals surface area contributed by atoms with Crippen LogP contribution in [0.4, 0.5) is 0 Å². The van der Waals surface area contributed by atoms with Crippen molar-refractivity contribution in [3.05, 3.63) is 35.9 Å². The Morgan fingerprint density at radius 1 is 1.10 bits per heavy atom. The quantitative estimate of drug-likeness (QED) is 0.822. The third-order valence-corrected chi connectivity index (χ3v) is 4.36. The van der Waals surface area contributed by atoms with Crippen LogP contribution in [0.2, 0.25) is 0 Å². The van der Waals surface area contributed by atoms with Crippen LogP contribution in [0.5, 0.6) is 0 Å². The average molecular weight is 290 g/mol. The van der Waals surface area contributed by atoms with Gasteiger partial charge in [-0.2, -0.15) is 0 Å². The maximum Gasteiger partial charge on any atom is 0.0900 e. The van der Waals surface area contributed by atoms with E-state index < -0.39 is 0 Å². The molecule has 1 atom stereocenters. The summed E-state index contributed by atoms with van der Waals surface area (Å²) in [6, 6.07) is 11.0. The summed E-state index contributed by atoms with van der Waals surface area (Å²) in [6.45, 7) is 6.18. The predicted octanol–water partition coefficient (Wildman–Crippen LogP) is 1.34. The minimum absolute atomic E-state index is 0.388. The lowest BCUT2D eigenvalue weighted by Gasteiger charge is -2.35. The summed E-state index contributed by atoms with van der Waals surface area (Å²) >= 11 is 0. The molecule has 1 saturated carbocycles. The third kappa shape index (κ3) is 4.78. The molecule has 1 heterocycles. The largest absolute Gasteiger partial charge is 0.389 e. The molecule has 1 aliphatic carbocycles. The molecule has 0 aromatic heterocycles. The van der Waals surface area contributed by atoms with Crippen LogP contribution in [0.25, 0.3) is 0 Å². The van der Waals surface area contributed by atoms with Crippen LogP contribution < -0.4 is 0 Å². The first-order valence-electron chi connectivity index (χ1n) is 8.07. The van der Waals surface area contributed by atoms with E-state index in [9.17, 15) is 5.11 Å². The van der Waals surface area contributed by atoms with E-state index in [1.54, 1.807) is 0 Å². The summed E-state index contributed by atoms with van der Waals surface area (Å²) in [5, 5.41) is 10.1. The van der Waals surface area contributed by atoms with Gasteiger partial charge in [-0.15, -0.1) is 0 Å². The lowest BCUT2D eigenvalue weighted by atomic mass is 10.2. The summed E-state index contributed by atoms with van der Waals surface area (Å²) < 4.78 is 5.61. The van der Waals surface area contributed by atoms with E-state index in [4.69, 9.17) is 4.74 Å². The SMILES string of the molecule is OC(COCc1ccccc1)CN1CCN(C2CC2)CC1. The molecular formula is C17H26N2O2. The number of hydrogen-bond acceptors (Lipinski definition) is 4. The molecule has 1 N–H and O–H groups in total. The second kappa shape index (κ2) is 7.36. The summed E-state index contributed by atoms with van der Waals surface area (Å²) in [4.78, 5) is 4.95. The Morgan fingerprint density at radius 2 is 1.81 bits per heavy atom. The topological polar surface area (TPSA) is 35.9 Å². The fourth-order valence-electron chi connectivity index (χ4n) is 2.99. The number of ether oxygens (including phenoxy) is 1. The van der Waals surface area contributed by atoms with Crippen LogP contribution in [0.15, 0.2) is 30.3 Å². The van der Waals surface area contributed by atoms with Crippen molar-refractivity contribution in [3.8, 4) is 0 Å². The molecule has 1 aromatic carbocycles. The van der Waals surface area contributed by atoms with E-state index in [0.717, 1.165) is 44.3 Å². The van der Waals surface area contributed by atoms with Crippen molar-refractivity contribution >= 4 is 0 Å². The highest BCUT2D eigenvalue weighted by Gasteiger charge is 2.31. The van der Waals surface area contributed by atoms with Crippen molar-refractivity contribution in [2.24, 2.45) is 0 Å². The highest BCUT2D eigenvalue weighted by Crippen LogP contribution is 2.27. The average Bonchev–Trinajstić information content (AvgIpc) is 3.34. The van der Waals surface area contributed by atoms with Crippen molar-refractivity contribution in [2.45, 2.75) is 31.6 Å². The Kier molecular flexibility index (Phi) is 5.25. The number of β-amino-alcohol motifs (C(OH)–C–C–N with tert-alkyl or cyclic N) is 1. The van der Waals surface area contributed by atoms with Crippen LogP contribution in [0, 0.1) is 0 Å². The fourth-order valence-corrected chi connectivity index (χ4v) is 2.99. The molecule has 0 amide bonds. The van der Waals surface area contributed by atoms with E-state index in [1.165, 1.54) is 12.8 Å². The van der Waals surface area contributed by atoms with Crippen molar-refractivity contribution in [1.82, 2.24) is 9.80 Å². The number of rotatable bonds is 7. The predicted molar refractivity (Wildman–Crippen MR) is 83.1 cm³/mol. The van der Waals surface area contributed by atoms with E-state index in [0.29, 0.717) is 13.2 Å². The summed E-state index contributed by atoms with van der Waals surface area (Å²) in [5.74, 6) is 0. The second-order valence-electron chi connectivity index (χ2n) is 6.22. The van der Waals surface area contributed by atoms with Crippen molar-refractivity contribution in [2.75, 3.05) is 39.3 Å². The maximum atomic E-state index is 10.1. The minimum atomic E-state index is -0.388. The van der Waals surface area contributed by atoms with E-state index in [-0.39, 0.29) is 6.10 Å². The van der Waals surface area contributed by atoms with Gasteiger partial charge in [0.15, 0.2) is 0 Å². The maximum absolute atomic E-state index is 10.1. The van der Waals surface area contributed by atoms with Crippen molar-refractivity contribution < 1.29 is 9.84 Å². The first kappa shape index (κ1) is 15.0. The number of hydrogen-bond donors (Lipinski definition) is 1. The van der Waals surface area contributed by atoms with Gasteiger partial charge in [0.25, 0.3) is 0 Å². The molecule has 0 spiro atoms. The Bertz CT molecular complexity index is 414.